The third kappa shape index (κ3) is 3.80. The van der Waals surface area contributed by atoms with Crippen molar-refractivity contribution < 1.29 is 23.7 Å². The molecule has 0 aromatic heterocycles. The second kappa shape index (κ2) is 8.38. The Bertz CT molecular complexity index is 788. The quantitative estimate of drug-likeness (QED) is 0.832. The van der Waals surface area contributed by atoms with Crippen LogP contribution in [0.5, 0.6) is 0 Å². The first-order valence-corrected chi connectivity index (χ1v) is 9.29. The summed E-state index contributed by atoms with van der Waals surface area (Å²) in [7, 11) is 1.52. The van der Waals surface area contributed by atoms with Gasteiger partial charge in [0.15, 0.2) is 12.6 Å². The number of amides is 1. The lowest BCUT2D eigenvalue weighted by Gasteiger charge is -2.48. The molecule has 1 amide bonds. The molecule has 0 unspecified atom stereocenters. The second-order valence-corrected chi connectivity index (χ2v) is 6.90. The van der Waals surface area contributed by atoms with E-state index in [0.29, 0.717) is 12.2 Å². The number of methoxy groups -OCH3 is 1. The molecule has 7 nitrogen and oxygen atoms in total. The van der Waals surface area contributed by atoms with Crippen molar-refractivity contribution in [2.24, 2.45) is 5.73 Å². The van der Waals surface area contributed by atoms with Gasteiger partial charge in [-0.25, -0.2) is 0 Å². The largest absolute Gasteiger partial charge is 0.354 e. The van der Waals surface area contributed by atoms with Crippen LogP contribution in [0.2, 0.25) is 0 Å². The van der Waals surface area contributed by atoms with Crippen molar-refractivity contribution in [1.82, 2.24) is 5.32 Å². The number of fused-ring (bicyclic) bond motifs is 1. The van der Waals surface area contributed by atoms with Crippen molar-refractivity contribution in [2.45, 2.75) is 36.9 Å². The molecule has 2 aliphatic heterocycles. The summed E-state index contributed by atoms with van der Waals surface area (Å²) in [5.74, 6) is -0.239. The molecule has 2 fully saturated rings. The maximum absolute atomic E-state index is 12.6. The number of hydrogen-bond acceptors (Lipinski definition) is 6. The number of nitrogens with two attached hydrogens (primary N) is 1. The highest BCUT2D eigenvalue weighted by atomic mass is 16.7. The van der Waals surface area contributed by atoms with E-state index < -0.39 is 30.8 Å². The second-order valence-electron chi connectivity index (χ2n) is 6.90. The normalized spacial score (nSPS) is 32.4. The fourth-order valence-electron chi connectivity index (χ4n) is 3.62. The first kappa shape index (κ1) is 19.0. The lowest BCUT2D eigenvalue weighted by Crippen LogP contribution is -2.69. The van der Waals surface area contributed by atoms with Crippen molar-refractivity contribution in [3.05, 3.63) is 71.8 Å². The van der Waals surface area contributed by atoms with Gasteiger partial charge in [-0.2, -0.15) is 0 Å². The van der Waals surface area contributed by atoms with Gasteiger partial charge in [0.1, 0.15) is 12.2 Å². The molecule has 0 spiro atoms. The number of hydrogen-bond donors (Lipinski definition) is 2. The van der Waals surface area contributed by atoms with Crippen LogP contribution in [-0.4, -0.2) is 50.2 Å². The molecule has 0 aliphatic carbocycles. The number of ether oxygens (including phenoxy) is 4. The van der Waals surface area contributed by atoms with Crippen molar-refractivity contribution >= 4 is 5.91 Å². The molecule has 3 N–H and O–H groups in total. The van der Waals surface area contributed by atoms with E-state index in [1.807, 2.05) is 48.5 Å². The maximum atomic E-state index is 12.6. The minimum Gasteiger partial charge on any atom is -0.354 e. The van der Waals surface area contributed by atoms with E-state index in [2.05, 4.69) is 5.32 Å². The lowest BCUT2D eigenvalue weighted by atomic mass is 9.93. The number of rotatable bonds is 4. The molecular weight excluding hydrogens is 360 g/mol. The molecule has 4 rings (SSSR count). The van der Waals surface area contributed by atoms with E-state index in [1.165, 1.54) is 7.11 Å². The summed E-state index contributed by atoms with van der Waals surface area (Å²) in [4.78, 5) is 12.6. The molecule has 2 aromatic carbocycles. The van der Waals surface area contributed by atoms with Gasteiger partial charge in [0.05, 0.1) is 18.7 Å². The van der Waals surface area contributed by atoms with E-state index in [9.17, 15) is 4.79 Å². The first-order valence-electron chi connectivity index (χ1n) is 9.29. The Morgan fingerprint density at radius 1 is 1.07 bits per heavy atom. The molecule has 0 radical (unpaired) electrons. The summed E-state index contributed by atoms with van der Waals surface area (Å²) >= 11 is 0. The minimum absolute atomic E-state index is 0.239. The van der Waals surface area contributed by atoms with E-state index in [4.69, 9.17) is 24.7 Å². The smallest absolute Gasteiger partial charge is 0.251 e. The van der Waals surface area contributed by atoms with Crippen molar-refractivity contribution in [2.75, 3.05) is 13.7 Å². The van der Waals surface area contributed by atoms with Crippen LogP contribution < -0.4 is 11.1 Å². The van der Waals surface area contributed by atoms with Crippen LogP contribution in [0.1, 0.15) is 22.2 Å². The minimum atomic E-state index is -0.690. The summed E-state index contributed by atoms with van der Waals surface area (Å²) in [6.45, 7) is 0.330. The Kier molecular flexibility index (Phi) is 5.70. The maximum Gasteiger partial charge on any atom is 0.251 e. The Labute approximate surface area is 163 Å². The van der Waals surface area contributed by atoms with Gasteiger partial charge in [0, 0.05) is 18.2 Å². The number of nitrogens with one attached hydrogen (secondary N) is 1. The van der Waals surface area contributed by atoms with Crippen LogP contribution in [0.15, 0.2) is 60.7 Å². The fraction of sp³-hybridized carbons (Fsp3) is 0.381. The van der Waals surface area contributed by atoms with Crippen LogP contribution in [0.25, 0.3) is 0 Å². The van der Waals surface area contributed by atoms with Crippen LogP contribution in [0.4, 0.5) is 0 Å². The van der Waals surface area contributed by atoms with Crippen LogP contribution in [0.3, 0.4) is 0 Å². The molecule has 7 heteroatoms. The third-order valence-corrected chi connectivity index (χ3v) is 5.09. The zero-order chi connectivity index (χ0) is 19.5. The molecule has 0 bridgehead atoms. The summed E-state index contributed by atoms with van der Waals surface area (Å²) in [6.07, 6.45) is -2.03. The SMILES string of the molecule is CO[C@@H]1O[C@@H]2CO[C@H](c3ccccc3)O[C@H]2[C@@H](N)[C@@H]1NC(=O)c1ccccc1. The van der Waals surface area contributed by atoms with Gasteiger partial charge in [0.2, 0.25) is 0 Å². The molecule has 2 heterocycles. The average molecular weight is 384 g/mol. The number of carbonyl (C=O) groups is 1. The average Bonchev–Trinajstić information content (AvgIpc) is 2.76. The van der Waals surface area contributed by atoms with E-state index in [-0.39, 0.29) is 12.0 Å². The standard InChI is InChI=1S/C21H24N2O5/c1-25-21-17(23-19(24)13-8-4-2-5-9-13)16(22)18-15(27-21)12-26-20(28-18)14-10-6-3-7-11-14/h2-11,15-18,20-21H,12,22H2,1H3,(H,23,24)/t15-,16+,17+,18-,20+,21-/m1/s1. The topological polar surface area (TPSA) is 92.0 Å². The first-order chi connectivity index (χ1) is 13.7. The molecular formula is C21H24N2O5. The number of benzene rings is 2. The van der Waals surface area contributed by atoms with Crippen LogP contribution in [-0.2, 0) is 18.9 Å². The van der Waals surface area contributed by atoms with Gasteiger partial charge >= 0.3 is 0 Å². The molecule has 2 aliphatic rings. The summed E-state index contributed by atoms with van der Waals surface area (Å²) < 4.78 is 23.4. The summed E-state index contributed by atoms with van der Waals surface area (Å²) in [6, 6.07) is 17.5. The summed E-state index contributed by atoms with van der Waals surface area (Å²) in [5.41, 5.74) is 7.96. The van der Waals surface area contributed by atoms with Crippen molar-refractivity contribution in [3.8, 4) is 0 Å². The highest BCUT2D eigenvalue weighted by Gasteiger charge is 2.49. The van der Waals surface area contributed by atoms with Gasteiger partial charge in [-0.15, -0.1) is 0 Å². The predicted molar refractivity (Wildman–Crippen MR) is 101 cm³/mol. The Morgan fingerprint density at radius 3 is 2.43 bits per heavy atom. The van der Waals surface area contributed by atoms with Gasteiger partial charge in [-0.3, -0.25) is 4.79 Å². The third-order valence-electron chi connectivity index (χ3n) is 5.09. The van der Waals surface area contributed by atoms with E-state index in [1.54, 1.807) is 12.1 Å². The number of carbonyl (C=O) groups excluding carboxylic acids is 1. The van der Waals surface area contributed by atoms with Crippen molar-refractivity contribution in [3.63, 3.8) is 0 Å². The van der Waals surface area contributed by atoms with Crippen molar-refractivity contribution in [1.29, 1.82) is 0 Å². The van der Waals surface area contributed by atoms with E-state index in [0.717, 1.165) is 5.56 Å². The molecule has 28 heavy (non-hydrogen) atoms. The molecule has 2 saturated heterocycles. The van der Waals surface area contributed by atoms with Crippen LogP contribution >= 0.6 is 0 Å². The molecule has 148 valence electrons. The monoisotopic (exact) mass is 384 g/mol. The van der Waals surface area contributed by atoms with Gasteiger partial charge in [-0.05, 0) is 12.1 Å². The zero-order valence-corrected chi connectivity index (χ0v) is 15.6. The Morgan fingerprint density at radius 2 is 1.75 bits per heavy atom. The van der Waals surface area contributed by atoms with Gasteiger partial charge in [0.25, 0.3) is 5.91 Å². The molecule has 2 aromatic rings. The summed E-state index contributed by atoms with van der Waals surface area (Å²) in [5, 5.41) is 2.94. The molecule has 0 saturated carbocycles. The van der Waals surface area contributed by atoms with Crippen LogP contribution in [0, 0.1) is 0 Å². The van der Waals surface area contributed by atoms with Gasteiger partial charge < -0.3 is 30.0 Å². The van der Waals surface area contributed by atoms with E-state index >= 15 is 0 Å². The zero-order valence-electron chi connectivity index (χ0n) is 15.6. The fourth-order valence-corrected chi connectivity index (χ4v) is 3.62. The Balaban J connectivity index is 1.50. The van der Waals surface area contributed by atoms with Gasteiger partial charge in [-0.1, -0.05) is 48.5 Å². The highest BCUT2D eigenvalue weighted by molar-refractivity contribution is 5.94. The highest BCUT2D eigenvalue weighted by Crippen LogP contribution is 2.33. The lowest BCUT2D eigenvalue weighted by molar-refractivity contribution is -0.322. The predicted octanol–water partition coefficient (Wildman–Crippen LogP) is 1.60. The Hall–Kier alpha value is -2.29. The molecule has 6 atom stereocenters.